The summed E-state index contributed by atoms with van der Waals surface area (Å²) in [7, 11) is 0. The molecule has 0 bridgehead atoms. The summed E-state index contributed by atoms with van der Waals surface area (Å²) in [5.41, 5.74) is 4.76. The molecular weight excluding hydrogens is 424 g/mol. The number of hydrogen-bond acceptors (Lipinski definition) is 4. The number of hydrogen-bond donors (Lipinski definition) is 0. The Labute approximate surface area is 207 Å². The van der Waals surface area contributed by atoms with E-state index in [1.165, 1.54) is 23.3 Å². The molecule has 188 valence electrons. The summed E-state index contributed by atoms with van der Waals surface area (Å²) in [4.78, 5) is 23.9. The van der Waals surface area contributed by atoms with E-state index in [9.17, 15) is 9.59 Å². The van der Waals surface area contributed by atoms with E-state index < -0.39 is 0 Å². The third-order valence-corrected chi connectivity index (χ3v) is 5.71. The molecule has 0 aromatic heterocycles. The molecule has 0 N–H and O–H groups in total. The Morgan fingerprint density at radius 2 is 1.06 bits per heavy atom. The van der Waals surface area contributed by atoms with Crippen LogP contribution in [0.4, 0.5) is 0 Å². The van der Waals surface area contributed by atoms with Crippen molar-refractivity contribution in [3.63, 3.8) is 0 Å². The molecule has 4 heteroatoms. The molecule has 0 amide bonds. The van der Waals surface area contributed by atoms with E-state index in [0.29, 0.717) is 11.8 Å². The van der Waals surface area contributed by atoms with Gasteiger partial charge in [0, 0.05) is 12.2 Å². The van der Waals surface area contributed by atoms with E-state index in [1.54, 1.807) is 0 Å². The SMILES string of the molecule is CC1=C\COC(=O)/C=C/CC[C@@H](C)C/C(C)=C/C(C)=C/COC(=O)/C=C/CC[C@@H](C)C\C(C)=C\1. The van der Waals surface area contributed by atoms with Gasteiger partial charge >= 0.3 is 11.9 Å². The largest absolute Gasteiger partial charge is 0.458 e. The molecule has 0 spiro atoms. The van der Waals surface area contributed by atoms with Crippen LogP contribution < -0.4 is 0 Å². The Bertz CT molecular complexity index is 766. The van der Waals surface area contributed by atoms with Crippen LogP contribution in [0.1, 0.15) is 80.1 Å². The zero-order chi connectivity index (χ0) is 25.3. The van der Waals surface area contributed by atoms with Crippen molar-refractivity contribution in [1.29, 1.82) is 0 Å². The van der Waals surface area contributed by atoms with Gasteiger partial charge in [0.05, 0.1) is 0 Å². The molecule has 0 aliphatic carbocycles. The van der Waals surface area contributed by atoms with Gasteiger partial charge in [-0.05, 0) is 90.2 Å². The van der Waals surface area contributed by atoms with Crippen molar-refractivity contribution in [2.24, 2.45) is 11.8 Å². The summed E-state index contributed by atoms with van der Waals surface area (Å²) in [6.45, 7) is 13.3. The number of rotatable bonds is 0. The van der Waals surface area contributed by atoms with Crippen LogP contribution in [0, 0.1) is 11.8 Å². The summed E-state index contributed by atoms with van der Waals surface area (Å²) < 4.78 is 10.6. The average molecular weight is 469 g/mol. The highest BCUT2D eigenvalue weighted by Gasteiger charge is 2.05. The second kappa shape index (κ2) is 16.9. The fraction of sp³-hybridized carbons (Fsp3) is 0.533. The lowest BCUT2D eigenvalue weighted by Crippen LogP contribution is -2.01. The molecule has 0 unspecified atom stereocenters. The van der Waals surface area contributed by atoms with Gasteiger partial charge in [0.25, 0.3) is 0 Å². The molecule has 0 radical (unpaired) electrons. The number of esters is 2. The zero-order valence-electron chi connectivity index (χ0n) is 22.1. The van der Waals surface area contributed by atoms with E-state index in [4.69, 9.17) is 9.47 Å². The predicted octanol–water partition coefficient (Wildman–Crippen LogP) is 7.60. The second-order valence-electron chi connectivity index (χ2n) is 9.72. The zero-order valence-corrected chi connectivity index (χ0v) is 22.1. The van der Waals surface area contributed by atoms with Gasteiger partial charge < -0.3 is 9.47 Å². The Morgan fingerprint density at radius 3 is 1.44 bits per heavy atom. The van der Waals surface area contributed by atoms with Gasteiger partial charge in [0.1, 0.15) is 13.2 Å². The third-order valence-electron chi connectivity index (χ3n) is 5.71. The van der Waals surface area contributed by atoms with Crippen LogP contribution in [-0.2, 0) is 19.1 Å². The Balaban J connectivity index is 2.81. The van der Waals surface area contributed by atoms with E-state index >= 15 is 0 Å². The maximum absolute atomic E-state index is 11.9. The van der Waals surface area contributed by atoms with Gasteiger partial charge in [0.2, 0.25) is 0 Å². The lowest BCUT2D eigenvalue weighted by Gasteiger charge is -2.11. The standard InChI is InChI=1S/C30H44O4/c1-23-11-7-9-13-29(31)33-18-16-26(4)22-28(6)20-24(2)12-8-10-14-30(32)34-17-15-25(3)21-27(5)19-23/h9-10,13-16,21-24H,7-8,11-12,17-20H2,1-6H3/b13-9+,14-10+,25-15+,26-16+,27-21+,28-22+/t23-,24-/m1/s1. The van der Waals surface area contributed by atoms with E-state index in [-0.39, 0.29) is 25.2 Å². The van der Waals surface area contributed by atoms with Crippen molar-refractivity contribution < 1.29 is 19.1 Å². The number of cyclic esters (lactones) is 2. The summed E-state index contributed by atoms with van der Waals surface area (Å²) in [6.07, 6.45) is 20.7. The molecule has 1 rings (SSSR count). The summed E-state index contributed by atoms with van der Waals surface area (Å²) in [5.74, 6) is 0.431. The number of allylic oxidation sites excluding steroid dienone is 8. The highest BCUT2D eigenvalue weighted by Crippen LogP contribution is 2.19. The van der Waals surface area contributed by atoms with Crippen LogP contribution in [0.25, 0.3) is 0 Å². The first-order valence-electron chi connectivity index (χ1n) is 12.5. The summed E-state index contributed by atoms with van der Waals surface area (Å²) >= 11 is 0. The first kappa shape index (κ1) is 29.4. The van der Waals surface area contributed by atoms with Crippen molar-refractivity contribution in [2.45, 2.75) is 80.1 Å². The normalized spacial score (nSPS) is 31.7. The average Bonchev–Trinajstić information content (AvgIpc) is 2.73. The van der Waals surface area contributed by atoms with Gasteiger partial charge in [-0.1, -0.05) is 60.4 Å². The number of carbonyl (C=O) groups excluding carboxylic acids is 2. The molecule has 4 nitrogen and oxygen atoms in total. The predicted molar refractivity (Wildman–Crippen MR) is 141 cm³/mol. The maximum atomic E-state index is 11.9. The molecule has 0 saturated carbocycles. The minimum absolute atomic E-state index is 0.280. The topological polar surface area (TPSA) is 52.6 Å². The van der Waals surface area contributed by atoms with Crippen molar-refractivity contribution in [3.05, 3.63) is 70.9 Å². The van der Waals surface area contributed by atoms with Gasteiger partial charge in [-0.3, -0.25) is 0 Å². The van der Waals surface area contributed by atoms with Gasteiger partial charge in [-0.25, -0.2) is 9.59 Å². The maximum Gasteiger partial charge on any atom is 0.330 e. The van der Waals surface area contributed by atoms with Crippen molar-refractivity contribution in [2.75, 3.05) is 13.2 Å². The Morgan fingerprint density at radius 1 is 0.676 bits per heavy atom. The minimum atomic E-state index is -0.293. The number of carbonyl (C=O) groups is 2. The molecule has 2 atom stereocenters. The van der Waals surface area contributed by atoms with Gasteiger partial charge in [0.15, 0.2) is 0 Å². The van der Waals surface area contributed by atoms with Crippen molar-refractivity contribution >= 4 is 11.9 Å². The van der Waals surface area contributed by atoms with Crippen LogP contribution in [-0.4, -0.2) is 25.2 Å². The summed E-state index contributed by atoms with van der Waals surface area (Å²) in [6, 6.07) is 0. The molecule has 0 aromatic rings. The number of ether oxygens (including phenoxy) is 2. The second-order valence-corrected chi connectivity index (χ2v) is 9.72. The van der Waals surface area contributed by atoms with Crippen LogP contribution >= 0.6 is 0 Å². The molecule has 1 aliphatic heterocycles. The molecule has 34 heavy (non-hydrogen) atoms. The van der Waals surface area contributed by atoms with Crippen LogP contribution in [0.2, 0.25) is 0 Å². The van der Waals surface area contributed by atoms with E-state index in [2.05, 4.69) is 39.8 Å². The minimum Gasteiger partial charge on any atom is -0.458 e. The lowest BCUT2D eigenvalue weighted by atomic mass is 9.96. The van der Waals surface area contributed by atoms with E-state index in [1.807, 2.05) is 38.2 Å². The smallest absolute Gasteiger partial charge is 0.330 e. The van der Waals surface area contributed by atoms with E-state index in [0.717, 1.165) is 49.7 Å². The molecule has 0 saturated heterocycles. The van der Waals surface area contributed by atoms with Gasteiger partial charge in [-0.15, -0.1) is 0 Å². The van der Waals surface area contributed by atoms with Gasteiger partial charge in [-0.2, -0.15) is 0 Å². The fourth-order valence-corrected chi connectivity index (χ4v) is 4.04. The summed E-state index contributed by atoms with van der Waals surface area (Å²) in [5, 5.41) is 0. The molecular formula is C30H44O4. The highest BCUT2D eigenvalue weighted by atomic mass is 16.5. The third kappa shape index (κ3) is 15.3. The lowest BCUT2D eigenvalue weighted by molar-refractivity contribution is -0.137. The molecule has 0 fully saturated rings. The van der Waals surface area contributed by atoms with Crippen LogP contribution in [0.15, 0.2) is 70.9 Å². The highest BCUT2D eigenvalue weighted by molar-refractivity contribution is 5.82. The van der Waals surface area contributed by atoms with Crippen molar-refractivity contribution in [1.82, 2.24) is 0 Å². The van der Waals surface area contributed by atoms with Crippen LogP contribution in [0.3, 0.4) is 0 Å². The monoisotopic (exact) mass is 468 g/mol. The molecule has 1 heterocycles. The quantitative estimate of drug-likeness (QED) is 0.344. The fourth-order valence-electron chi connectivity index (χ4n) is 4.04. The van der Waals surface area contributed by atoms with Crippen molar-refractivity contribution in [3.8, 4) is 0 Å². The first-order chi connectivity index (χ1) is 16.2. The molecule has 1 aliphatic rings. The Hall–Kier alpha value is -2.62. The Kier molecular flexibility index (Phi) is 14.6. The molecule has 0 aromatic carbocycles. The van der Waals surface area contributed by atoms with Crippen LogP contribution in [0.5, 0.6) is 0 Å². The first-order valence-corrected chi connectivity index (χ1v) is 12.5.